The van der Waals surface area contributed by atoms with Gasteiger partial charge in [0.15, 0.2) is 0 Å². The fourth-order valence-corrected chi connectivity index (χ4v) is 2.00. The van der Waals surface area contributed by atoms with Gasteiger partial charge in [0.2, 0.25) is 5.88 Å². The summed E-state index contributed by atoms with van der Waals surface area (Å²) in [6.45, 7) is 3.80. The highest BCUT2D eigenvalue weighted by molar-refractivity contribution is 5.57. The van der Waals surface area contributed by atoms with Crippen LogP contribution >= 0.6 is 0 Å². The number of aromatic nitrogens is 3. The van der Waals surface area contributed by atoms with E-state index in [-0.39, 0.29) is 5.75 Å². The third kappa shape index (κ3) is 2.22. The molecule has 3 rings (SSSR count). The Morgan fingerprint density at radius 2 is 2.00 bits per heavy atom. The summed E-state index contributed by atoms with van der Waals surface area (Å²) < 4.78 is 7.45. The van der Waals surface area contributed by atoms with Crippen LogP contribution < -0.4 is 4.74 Å². The number of fused-ring (bicyclic) bond motifs is 1. The smallest absolute Gasteiger partial charge is 0.245 e. The predicted octanol–water partition coefficient (Wildman–Crippen LogP) is 2.84. The van der Waals surface area contributed by atoms with Crippen LogP contribution in [0.3, 0.4) is 0 Å². The van der Waals surface area contributed by atoms with Gasteiger partial charge in [0.05, 0.1) is 5.69 Å². The SMILES string of the molecule is Cc1cc(O)cc(Oc2nccn3nc(C)cc23)c1. The maximum atomic E-state index is 9.57. The minimum Gasteiger partial charge on any atom is -0.508 e. The van der Waals surface area contributed by atoms with Gasteiger partial charge in [-0.3, -0.25) is 0 Å². The van der Waals surface area contributed by atoms with Crippen molar-refractivity contribution in [1.82, 2.24) is 14.6 Å². The fourth-order valence-electron chi connectivity index (χ4n) is 2.00. The second-order valence-corrected chi connectivity index (χ2v) is 4.45. The number of aryl methyl sites for hydroxylation is 2. The number of rotatable bonds is 2. The van der Waals surface area contributed by atoms with E-state index in [0.29, 0.717) is 11.6 Å². The van der Waals surface area contributed by atoms with Crippen molar-refractivity contribution >= 4 is 5.52 Å². The Kier molecular flexibility index (Phi) is 2.59. The molecule has 5 nitrogen and oxygen atoms in total. The Balaban J connectivity index is 2.05. The molecule has 5 heteroatoms. The van der Waals surface area contributed by atoms with Crippen molar-refractivity contribution in [2.45, 2.75) is 13.8 Å². The lowest BCUT2D eigenvalue weighted by Crippen LogP contribution is -1.94. The summed E-state index contributed by atoms with van der Waals surface area (Å²) in [6, 6.07) is 6.97. The number of aromatic hydroxyl groups is 1. The summed E-state index contributed by atoms with van der Waals surface area (Å²) in [5, 5.41) is 13.9. The lowest BCUT2D eigenvalue weighted by Gasteiger charge is -2.07. The highest BCUT2D eigenvalue weighted by Gasteiger charge is 2.08. The van der Waals surface area contributed by atoms with Crippen LogP contribution in [-0.4, -0.2) is 19.7 Å². The van der Waals surface area contributed by atoms with Gasteiger partial charge in [0.1, 0.15) is 17.0 Å². The molecular weight excluding hydrogens is 242 g/mol. The van der Waals surface area contributed by atoms with Gasteiger partial charge >= 0.3 is 0 Å². The molecule has 2 heterocycles. The molecule has 0 amide bonds. The molecular formula is C14H13N3O2. The van der Waals surface area contributed by atoms with E-state index in [4.69, 9.17) is 4.74 Å². The molecule has 0 fully saturated rings. The maximum Gasteiger partial charge on any atom is 0.245 e. The largest absolute Gasteiger partial charge is 0.508 e. The second kappa shape index (κ2) is 4.28. The van der Waals surface area contributed by atoms with Crippen LogP contribution in [0, 0.1) is 13.8 Å². The van der Waals surface area contributed by atoms with Crippen molar-refractivity contribution in [3.05, 3.63) is 47.9 Å². The number of phenolic OH excluding ortho intramolecular Hbond substituents is 1. The van der Waals surface area contributed by atoms with Crippen LogP contribution in [0.4, 0.5) is 0 Å². The van der Waals surface area contributed by atoms with Crippen molar-refractivity contribution in [2.24, 2.45) is 0 Å². The Hall–Kier alpha value is -2.56. The van der Waals surface area contributed by atoms with E-state index in [1.807, 2.05) is 26.0 Å². The van der Waals surface area contributed by atoms with Crippen LogP contribution in [0.1, 0.15) is 11.3 Å². The second-order valence-electron chi connectivity index (χ2n) is 4.45. The Morgan fingerprint density at radius 1 is 1.16 bits per heavy atom. The number of phenols is 1. The molecule has 0 unspecified atom stereocenters. The lowest BCUT2D eigenvalue weighted by molar-refractivity contribution is 0.446. The first-order valence-electron chi connectivity index (χ1n) is 5.91. The van der Waals surface area contributed by atoms with Crippen LogP contribution in [0.15, 0.2) is 36.7 Å². The average Bonchev–Trinajstić information content (AvgIpc) is 2.69. The molecule has 0 saturated heterocycles. The monoisotopic (exact) mass is 255 g/mol. The normalized spacial score (nSPS) is 10.8. The van der Waals surface area contributed by atoms with Gasteiger partial charge in [0, 0.05) is 18.5 Å². The summed E-state index contributed by atoms with van der Waals surface area (Å²) in [4.78, 5) is 4.21. The first-order chi connectivity index (χ1) is 9.11. The van der Waals surface area contributed by atoms with E-state index in [1.54, 1.807) is 29.0 Å². The van der Waals surface area contributed by atoms with Gasteiger partial charge in [-0.1, -0.05) is 0 Å². The van der Waals surface area contributed by atoms with E-state index < -0.39 is 0 Å². The summed E-state index contributed by atoms with van der Waals surface area (Å²) in [5.74, 6) is 1.19. The van der Waals surface area contributed by atoms with Crippen molar-refractivity contribution < 1.29 is 9.84 Å². The zero-order valence-corrected chi connectivity index (χ0v) is 10.7. The number of nitrogens with zero attached hydrogens (tertiary/aromatic N) is 3. The zero-order valence-electron chi connectivity index (χ0n) is 10.7. The highest BCUT2D eigenvalue weighted by atomic mass is 16.5. The molecule has 0 radical (unpaired) electrons. The zero-order chi connectivity index (χ0) is 13.4. The Labute approximate surface area is 110 Å². The molecule has 2 aromatic heterocycles. The summed E-state index contributed by atoms with van der Waals surface area (Å²) in [7, 11) is 0. The Morgan fingerprint density at radius 3 is 2.79 bits per heavy atom. The first kappa shape index (κ1) is 11.5. The Bertz CT molecular complexity index is 729. The minimum atomic E-state index is 0.173. The molecule has 96 valence electrons. The van der Waals surface area contributed by atoms with Crippen LogP contribution in [0.2, 0.25) is 0 Å². The van der Waals surface area contributed by atoms with E-state index in [1.165, 1.54) is 0 Å². The molecule has 0 aliphatic carbocycles. The molecule has 0 spiro atoms. The molecule has 0 aliphatic rings. The lowest BCUT2D eigenvalue weighted by atomic mass is 10.2. The molecule has 1 aromatic carbocycles. The van der Waals surface area contributed by atoms with Crippen molar-refractivity contribution in [3.8, 4) is 17.4 Å². The summed E-state index contributed by atoms with van der Waals surface area (Å²) in [6.07, 6.45) is 3.40. The van der Waals surface area contributed by atoms with Gasteiger partial charge in [0.25, 0.3) is 0 Å². The number of benzene rings is 1. The van der Waals surface area contributed by atoms with Gasteiger partial charge in [-0.25, -0.2) is 9.50 Å². The van der Waals surface area contributed by atoms with Gasteiger partial charge in [-0.2, -0.15) is 5.10 Å². The fraction of sp³-hybridized carbons (Fsp3) is 0.143. The van der Waals surface area contributed by atoms with Crippen molar-refractivity contribution in [3.63, 3.8) is 0 Å². The van der Waals surface area contributed by atoms with Gasteiger partial charge in [-0.15, -0.1) is 0 Å². The molecule has 1 N–H and O–H groups in total. The van der Waals surface area contributed by atoms with E-state index in [2.05, 4.69) is 10.1 Å². The van der Waals surface area contributed by atoms with Crippen molar-refractivity contribution in [2.75, 3.05) is 0 Å². The predicted molar refractivity (Wildman–Crippen MR) is 70.6 cm³/mol. The number of ether oxygens (including phenoxy) is 1. The molecule has 3 aromatic rings. The standard InChI is InChI=1S/C14H13N3O2/c1-9-5-11(18)8-12(6-9)19-14-13-7-10(2)16-17(13)4-3-15-14/h3-8,18H,1-2H3. The summed E-state index contributed by atoms with van der Waals surface area (Å²) >= 11 is 0. The van der Waals surface area contributed by atoms with Crippen LogP contribution in [0.25, 0.3) is 5.52 Å². The first-order valence-corrected chi connectivity index (χ1v) is 5.91. The van der Waals surface area contributed by atoms with E-state index >= 15 is 0 Å². The van der Waals surface area contributed by atoms with Gasteiger partial charge in [-0.05, 0) is 37.6 Å². The quantitative estimate of drug-likeness (QED) is 0.765. The van der Waals surface area contributed by atoms with Crippen LogP contribution in [0.5, 0.6) is 17.4 Å². The van der Waals surface area contributed by atoms with Crippen LogP contribution in [-0.2, 0) is 0 Å². The van der Waals surface area contributed by atoms with E-state index in [0.717, 1.165) is 16.8 Å². The topological polar surface area (TPSA) is 59.7 Å². The average molecular weight is 255 g/mol. The summed E-state index contributed by atoms with van der Waals surface area (Å²) in [5.41, 5.74) is 2.61. The van der Waals surface area contributed by atoms with E-state index in [9.17, 15) is 5.11 Å². The third-order valence-electron chi connectivity index (χ3n) is 2.73. The molecule has 0 bridgehead atoms. The van der Waals surface area contributed by atoms with Crippen molar-refractivity contribution in [1.29, 1.82) is 0 Å². The van der Waals surface area contributed by atoms with Gasteiger partial charge < -0.3 is 9.84 Å². The maximum absolute atomic E-state index is 9.57. The third-order valence-corrected chi connectivity index (χ3v) is 2.73. The number of hydrogen-bond acceptors (Lipinski definition) is 4. The molecule has 0 saturated carbocycles. The highest BCUT2D eigenvalue weighted by Crippen LogP contribution is 2.27. The molecule has 0 aliphatic heterocycles. The minimum absolute atomic E-state index is 0.173. The number of hydrogen-bond donors (Lipinski definition) is 1. The molecule has 19 heavy (non-hydrogen) atoms. The molecule has 0 atom stereocenters.